The van der Waals surface area contributed by atoms with Crippen LogP contribution in [0.3, 0.4) is 0 Å². The Labute approximate surface area is 179 Å². The molecule has 0 aliphatic rings. The zero-order valence-corrected chi connectivity index (χ0v) is 17.0. The van der Waals surface area contributed by atoms with Gasteiger partial charge in [0.25, 0.3) is 0 Å². The van der Waals surface area contributed by atoms with Gasteiger partial charge in [0, 0.05) is 5.02 Å². The van der Waals surface area contributed by atoms with Crippen LogP contribution in [0, 0.1) is 0 Å². The number of nitrogens with zero attached hydrogens (tertiary/aromatic N) is 2. The lowest BCUT2D eigenvalue weighted by molar-refractivity contribution is -0.141. The lowest BCUT2D eigenvalue weighted by Crippen LogP contribution is -2.20. The van der Waals surface area contributed by atoms with Crippen molar-refractivity contribution in [1.29, 1.82) is 0 Å². The Morgan fingerprint density at radius 1 is 1.14 bits per heavy atom. The predicted molar refractivity (Wildman–Crippen MR) is 110 cm³/mol. The van der Waals surface area contributed by atoms with E-state index < -0.39 is 18.6 Å². The minimum Gasteiger partial charge on any atom is -0.324 e. The second kappa shape index (κ2) is 9.11. The highest BCUT2D eigenvalue weighted by Gasteiger charge is 2.31. The number of benzene rings is 2. The molecule has 0 spiro atoms. The fourth-order valence-corrected chi connectivity index (χ4v) is 3.67. The van der Waals surface area contributed by atoms with E-state index >= 15 is 0 Å². The highest BCUT2D eigenvalue weighted by Crippen LogP contribution is 2.30. The van der Waals surface area contributed by atoms with Crippen molar-refractivity contribution in [2.24, 2.45) is 0 Å². The van der Waals surface area contributed by atoms with Crippen molar-refractivity contribution in [2.75, 3.05) is 11.1 Å². The number of imidazole rings is 1. The molecule has 10 heteroatoms. The van der Waals surface area contributed by atoms with E-state index in [9.17, 15) is 18.0 Å². The number of amides is 1. The number of nitrogens with one attached hydrogen (secondary N) is 1. The molecule has 2 aromatic carbocycles. The van der Waals surface area contributed by atoms with Crippen LogP contribution in [0.4, 0.5) is 18.9 Å². The third kappa shape index (κ3) is 5.91. The van der Waals surface area contributed by atoms with Crippen molar-refractivity contribution in [3.63, 3.8) is 0 Å². The van der Waals surface area contributed by atoms with Crippen molar-refractivity contribution in [2.45, 2.75) is 17.9 Å². The van der Waals surface area contributed by atoms with Crippen molar-refractivity contribution in [3.05, 3.63) is 64.8 Å². The van der Waals surface area contributed by atoms with Crippen LogP contribution in [0.15, 0.2) is 59.9 Å². The third-order valence-corrected chi connectivity index (χ3v) is 5.32. The van der Waals surface area contributed by atoms with Gasteiger partial charge >= 0.3 is 6.18 Å². The molecule has 3 rings (SSSR count). The third-order valence-electron chi connectivity index (χ3n) is 3.76. The Morgan fingerprint density at radius 2 is 1.86 bits per heavy atom. The molecule has 1 N–H and O–H groups in total. The summed E-state index contributed by atoms with van der Waals surface area (Å²) in [7, 11) is 0. The normalized spacial score (nSPS) is 11.5. The van der Waals surface area contributed by atoms with Crippen LogP contribution in [0.25, 0.3) is 11.3 Å². The van der Waals surface area contributed by atoms with Gasteiger partial charge in [-0.1, -0.05) is 65.3 Å². The number of aromatic nitrogens is 2. The highest BCUT2D eigenvalue weighted by molar-refractivity contribution is 7.99. The van der Waals surface area contributed by atoms with Crippen LogP contribution < -0.4 is 5.32 Å². The van der Waals surface area contributed by atoms with Gasteiger partial charge in [0.05, 0.1) is 28.4 Å². The van der Waals surface area contributed by atoms with Crippen LogP contribution in [-0.4, -0.2) is 27.4 Å². The van der Waals surface area contributed by atoms with E-state index in [0.717, 1.165) is 16.3 Å². The summed E-state index contributed by atoms with van der Waals surface area (Å²) < 4.78 is 40.4. The Kier molecular flexibility index (Phi) is 6.77. The summed E-state index contributed by atoms with van der Waals surface area (Å²) in [5, 5.41) is 3.38. The van der Waals surface area contributed by atoms with Crippen molar-refractivity contribution in [3.8, 4) is 11.3 Å². The molecule has 1 heterocycles. The number of carbonyl (C=O) groups excluding carboxylic acids is 1. The monoisotopic (exact) mass is 459 g/mol. The van der Waals surface area contributed by atoms with E-state index in [4.69, 9.17) is 23.2 Å². The topological polar surface area (TPSA) is 46.9 Å². The largest absolute Gasteiger partial charge is 0.406 e. The van der Waals surface area contributed by atoms with Gasteiger partial charge in [-0.15, -0.1) is 0 Å². The summed E-state index contributed by atoms with van der Waals surface area (Å²) in [4.78, 5) is 16.3. The van der Waals surface area contributed by atoms with Crippen molar-refractivity contribution in [1.82, 2.24) is 9.55 Å². The van der Waals surface area contributed by atoms with Crippen LogP contribution in [0.1, 0.15) is 0 Å². The smallest absolute Gasteiger partial charge is 0.324 e. The predicted octanol–water partition coefficient (Wildman–Crippen LogP) is 6.15. The molecule has 0 saturated heterocycles. The molecule has 0 aliphatic heterocycles. The number of thioether (sulfide) groups is 1. The molecule has 3 aromatic rings. The van der Waals surface area contributed by atoms with Gasteiger partial charge in [-0.05, 0) is 23.8 Å². The number of hydrogen-bond donors (Lipinski definition) is 1. The molecule has 0 aliphatic carbocycles. The van der Waals surface area contributed by atoms with E-state index in [2.05, 4.69) is 10.3 Å². The first-order chi connectivity index (χ1) is 13.7. The van der Waals surface area contributed by atoms with Gasteiger partial charge in [0.1, 0.15) is 6.54 Å². The van der Waals surface area contributed by atoms with Gasteiger partial charge in [0.15, 0.2) is 5.16 Å². The van der Waals surface area contributed by atoms with Gasteiger partial charge in [0.2, 0.25) is 5.91 Å². The number of alkyl halides is 3. The quantitative estimate of drug-likeness (QED) is 0.449. The maximum absolute atomic E-state index is 13.1. The summed E-state index contributed by atoms with van der Waals surface area (Å²) in [5.74, 6) is -0.589. The zero-order valence-electron chi connectivity index (χ0n) is 14.7. The summed E-state index contributed by atoms with van der Waals surface area (Å²) >= 11 is 12.8. The van der Waals surface area contributed by atoms with E-state index in [0.29, 0.717) is 27.0 Å². The lowest BCUT2D eigenvalue weighted by atomic mass is 10.2. The molecule has 0 atom stereocenters. The van der Waals surface area contributed by atoms with Gasteiger partial charge < -0.3 is 9.88 Å². The first kappa shape index (κ1) is 21.5. The minimum atomic E-state index is -4.43. The fraction of sp³-hybridized carbons (Fsp3) is 0.158. The standard InChI is InChI=1S/C19H14Cl2F3N3OS/c20-13-6-7-14(21)15(8-13)26-17(28)10-29-18-25-9-16(12-4-2-1-3-5-12)27(18)11-19(22,23)24/h1-9H,10-11H2,(H,26,28). The summed E-state index contributed by atoms with van der Waals surface area (Å²) in [6.45, 7) is -1.21. The average molecular weight is 460 g/mol. The highest BCUT2D eigenvalue weighted by atomic mass is 35.5. The molecule has 0 fully saturated rings. The molecule has 152 valence electrons. The number of rotatable bonds is 6. The lowest BCUT2D eigenvalue weighted by Gasteiger charge is -2.14. The molecule has 0 saturated carbocycles. The molecule has 29 heavy (non-hydrogen) atoms. The minimum absolute atomic E-state index is 0.0912. The zero-order chi connectivity index (χ0) is 21.0. The fourth-order valence-electron chi connectivity index (χ4n) is 2.56. The second-order valence-corrected chi connectivity index (χ2v) is 7.74. The Hall–Kier alpha value is -2.16. The summed E-state index contributed by atoms with van der Waals surface area (Å²) in [5.41, 5.74) is 1.25. The summed E-state index contributed by atoms with van der Waals surface area (Å²) in [6.07, 6.45) is -3.06. The first-order valence-electron chi connectivity index (χ1n) is 8.28. The molecular formula is C19H14Cl2F3N3OS. The van der Waals surface area contributed by atoms with E-state index in [-0.39, 0.29) is 10.9 Å². The van der Waals surface area contributed by atoms with Crippen LogP contribution in [0.5, 0.6) is 0 Å². The maximum Gasteiger partial charge on any atom is 0.406 e. The maximum atomic E-state index is 13.1. The average Bonchev–Trinajstić information content (AvgIpc) is 3.04. The SMILES string of the molecule is O=C(CSc1ncc(-c2ccccc2)n1CC(F)(F)F)Nc1cc(Cl)ccc1Cl. The number of hydrogen-bond acceptors (Lipinski definition) is 3. The van der Waals surface area contributed by atoms with Gasteiger partial charge in [-0.3, -0.25) is 4.79 Å². The summed E-state index contributed by atoms with van der Waals surface area (Å²) in [6, 6.07) is 13.2. The van der Waals surface area contributed by atoms with Crippen LogP contribution in [-0.2, 0) is 11.3 Å². The molecule has 0 radical (unpaired) electrons. The van der Waals surface area contributed by atoms with Gasteiger partial charge in [-0.25, -0.2) is 4.98 Å². The Balaban J connectivity index is 1.77. The first-order valence-corrected chi connectivity index (χ1v) is 10.0. The van der Waals surface area contributed by atoms with Gasteiger partial charge in [-0.2, -0.15) is 13.2 Å². The van der Waals surface area contributed by atoms with E-state index in [1.54, 1.807) is 36.4 Å². The molecule has 0 bridgehead atoms. The van der Waals surface area contributed by atoms with E-state index in [1.807, 2.05) is 0 Å². The molecule has 1 aromatic heterocycles. The molecule has 4 nitrogen and oxygen atoms in total. The molecular weight excluding hydrogens is 446 g/mol. The molecule has 1 amide bonds. The van der Waals surface area contributed by atoms with Crippen LogP contribution in [0.2, 0.25) is 10.0 Å². The molecule has 0 unspecified atom stereocenters. The van der Waals surface area contributed by atoms with Crippen molar-refractivity contribution >= 4 is 46.6 Å². The number of carbonyl (C=O) groups is 1. The number of halogens is 5. The number of anilines is 1. The van der Waals surface area contributed by atoms with E-state index in [1.165, 1.54) is 18.3 Å². The van der Waals surface area contributed by atoms with Crippen LogP contribution >= 0.6 is 35.0 Å². The second-order valence-electron chi connectivity index (χ2n) is 5.95. The Bertz CT molecular complexity index is 1010. The Morgan fingerprint density at radius 3 is 2.55 bits per heavy atom. The van der Waals surface area contributed by atoms with Crippen molar-refractivity contribution < 1.29 is 18.0 Å².